The zero-order chi connectivity index (χ0) is 15.7. The molecule has 8 heteroatoms. The smallest absolute Gasteiger partial charge is 0.189 e. The van der Waals surface area contributed by atoms with Gasteiger partial charge in [-0.05, 0) is 18.2 Å². The van der Waals surface area contributed by atoms with E-state index in [1.54, 1.807) is 0 Å². The van der Waals surface area contributed by atoms with Gasteiger partial charge in [0.05, 0.1) is 23.0 Å². The number of benzene rings is 1. The molecular formula is C14H11ClN6S. The van der Waals surface area contributed by atoms with Crippen molar-refractivity contribution < 1.29 is 0 Å². The molecule has 0 unspecified atom stereocenters. The van der Waals surface area contributed by atoms with E-state index in [0.717, 1.165) is 16.9 Å². The SMILES string of the molecule is Cn1c(CSc2ncc(C#N)c(N)n2)nc2cc(Cl)ccc21. The molecule has 0 aliphatic heterocycles. The van der Waals surface area contributed by atoms with Crippen LogP contribution in [0, 0.1) is 11.3 Å². The Morgan fingerprint density at radius 2 is 2.23 bits per heavy atom. The van der Waals surface area contributed by atoms with Crippen LogP contribution in [0.5, 0.6) is 0 Å². The fourth-order valence-electron chi connectivity index (χ4n) is 2.01. The fourth-order valence-corrected chi connectivity index (χ4v) is 2.99. The number of nitrogen functional groups attached to an aromatic ring is 1. The first-order valence-corrected chi connectivity index (χ1v) is 7.71. The number of nitriles is 1. The lowest BCUT2D eigenvalue weighted by atomic mass is 10.3. The Hall–Kier alpha value is -2.30. The van der Waals surface area contributed by atoms with E-state index >= 15 is 0 Å². The minimum absolute atomic E-state index is 0.191. The lowest BCUT2D eigenvalue weighted by Gasteiger charge is -2.03. The summed E-state index contributed by atoms with van der Waals surface area (Å²) in [6.45, 7) is 0. The van der Waals surface area contributed by atoms with E-state index in [1.165, 1.54) is 18.0 Å². The maximum atomic E-state index is 8.82. The zero-order valence-electron chi connectivity index (χ0n) is 11.6. The summed E-state index contributed by atoms with van der Waals surface area (Å²) in [5, 5.41) is 9.99. The van der Waals surface area contributed by atoms with Gasteiger partial charge in [0.15, 0.2) is 5.16 Å². The van der Waals surface area contributed by atoms with Gasteiger partial charge < -0.3 is 10.3 Å². The number of anilines is 1. The number of thioether (sulfide) groups is 1. The van der Waals surface area contributed by atoms with E-state index in [9.17, 15) is 0 Å². The summed E-state index contributed by atoms with van der Waals surface area (Å²) in [4.78, 5) is 12.8. The standard InChI is InChI=1S/C14H11ClN6S/c1-21-11-3-2-9(15)4-10(11)19-12(21)7-22-14-18-6-8(5-16)13(17)20-14/h2-4,6H,7H2,1H3,(H2,17,18,20). The van der Waals surface area contributed by atoms with Crippen LogP contribution in [0.4, 0.5) is 5.82 Å². The lowest BCUT2D eigenvalue weighted by Crippen LogP contribution is -2.00. The van der Waals surface area contributed by atoms with Gasteiger partial charge in [-0.15, -0.1) is 0 Å². The molecule has 0 radical (unpaired) electrons. The summed E-state index contributed by atoms with van der Waals surface area (Å²) in [6, 6.07) is 7.55. The largest absolute Gasteiger partial charge is 0.382 e. The summed E-state index contributed by atoms with van der Waals surface area (Å²) >= 11 is 7.40. The summed E-state index contributed by atoms with van der Waals surface area (Å²) in [6.07, 6.45) is 1.43. The number of halogens is 1. The summed E-state index contributed by atoms with van der Waals surface area (Å²) in [5.41, 5.74) is 7.83. The first-order chi connectivity index (χ1) is 10.6. The number of fused-ring (bicyclic) bond motifs is 1. The van der Waals surface area contributed by atoms with Gasteiger partial charge in [0, 0.05) is 12.1 Å². The highest BCUT2D eigenvalue weighted by atomic mass is 35.5. The third-order valence-corrected chi connectivity index (χ3v) is 4.27. The highest BCUT2D eigenvalue weighted by Crippen LogP contribution is 2.24. The van der Waals surface area contributed by atoms with Gasteiger partial charge in [0.1, 0.15) is 23.3 Å². The second kappa shape index (κ2) is 5.83. The van der Waals surface area contributed by atoms with Crippen molar-refractivity contribution in [1.82, 2.24) is 19.5 Å². The Morgan fingerprint density at radius 1 is 1.41 bits per heavy atom. The number of nitrogens with two attached hydrogens (primary N) is 1. The average Bonchev–Trinajstić information content (AvgIpc) is 2.81. The Kier molecular flexibility index (Phi) is 3.88. The molecule has 1 aromatic carbocycles. The number of aromatic nitrogens is 4. The number of aryl methyl sites for hydroxylation is 1. The van der Waals surface area contributed by atoms with Gasteiger partial charge in [0.2, 0.25) is 0 Å². The van der Waals surface area contributed by atoms with Crippen LogP contribution in [-0.4, -0.2) is 19.5 Å². The zero-order valence-corrected chi connectivity index (χ0v) is 13.2. The molecule has 0 aliphatic carbocycles. The molecule has 2 N–H and O–H groups in total. The van der Waals surface area contributed by atoms with Crippen LogP contribution in [0.1, 0.15) is 11.4 Å². The Balaban J connectivity index is 1.83. The Labute approximate surface area is 136 Å². The van der Waals surface area contributed by atoms with Crippen LogP contribution in [0.3, 0.4) is 0 Å². The van der Waals surface area contributed by atoms with E-state index in [4.69, 9.17) is 22.6 Å². The van der Waals surface area contributed by atoms with Gasteiger partial charge in [-0.3, -0.25) is 0 Å². The van der Waals surface area contributed by atoms with Crippen LogP contribution in [0.15, 0.2) is 29.6 Å². The fraction of sp³-hybridized carbons (Fsp3) is 0.143. The third-order valence-electron chi connectivity index (χ3n) is 3.18. The van der Waals surface area contributed by atoms with Gasteiger partial charge in [0.25, 0.3) is 0 Å². The maximum absolute atomic E-state index is 8.82. The van der Waals surface area contributed by atoms with Crippen molar-refractivity contribution in [3.63, 3.8) is 0 Å². The maximum Gasteiger partial charge on any atom is 0.189 e. The Bertz CT molecular complexity index is 898. The molecule has 110 valence electrons. The molecule has 0 saturated carbocycles. The minimum atomic E-state index is 0.191. The van der Waals surface area contributed by atoms with Gasteiger partial charge in [-0.25, -0.2) is 15.0 Å². The van der Waals surface area contributed by atoms with Crippen molar-refractivity contribution in [2.24, 2.45) is 7.05 Å². The number of hydrogen-bond donors (Lipinski definition) is 1. The predicted octanol–water partition coefficient (Wildman–Crippen LogP) is 2.76. The highest BCUT2D eigenvalue weighted by Gasteiger charge is 2.10. The highest BCUT2D eigenvalue weighted by molar-refractivity contribution is 7.98. The molecule has 0 aliphatic rings. The first kappa shape index (κ1) is 14.6. The quantitative estimate of drug-likeness (QED) is 0.586. The number of rotatable bonds is 3. The molecule has 0 atom stereocenters. The third kappa shape index (κ3) is 2.71. The van der Waals surface area contributed by atoms with E-state index < -0.39 is 0 Å². The van der Waals surface area contributed by atoms with Gasteiger partial charge in [-0.2, -0.15) is 5.26 Å². The normalized spacial score (nSPS) is 10.8. The van der Waals surface area contributed by atoms with Gasteiger partial charge >= 0.3 is 0 Å². The summed E-state index contributed by atoms with van der Waals surface area (Å²) in [7, 11) is 1.95. The van der Waals surface area contributed by atoms with Crippen molar-refractivity contribution in [2.75, 3.05) is 5.73 Å². The lowest BCUT2D eigenvalue weighted by molar-refractivity contribution is 0.872. The first-order valence-electron chi connectivity index (χ1n) is 6.34. The van der Waals surface area contributed by atoms with E-state index in [-0.39, 0.29) is 11.4 Å². The summed E-state index contributed by atoms with van der Waals surface area (Å²) < 4.78 is 2.01. The molecule has 3 aromatic rings. The van der Waals surface area contributed by atoms with Crippen molar-refractivity contribution in [1.29, 1.82) is 5.26 Å². The second-order valence-electron chi connectivity index (χ2n) is 4.57. The van der Waals surface area contributed by atoms with Crippen LogP contribution < -0.4 is 5.73 Å². The van der Waals surface area contributed by atoms with Crippen molar-refractivity contribution in [2.45, 2.75) is 10.9 Å². The van der Waals surface area contributed by atoms with Crippen molar-refractivity contribution in [3.05, 3.63) is 40.8 Å². The molecule has 3 rings (SSSR count). The molecule has 0 amide bonds. The average molecular weight is 331 g/mol. The molecule has 22 heavy (non-hydrogen) atoms. The second-order valence-corrected chi connectivity index (χ2v) is 5.95. The van der Waals surface area contributed by atoms with E-state index in [1.807, 2.05) is 35.9 Å². The molecular weight excluding hydrogens is 320 g/mol. The van der Waals surface area contributed by atoms with Gasteiger partial charge in [-0.1, -0.05) is 23.4 Å². The molecule has 2 heterocycles. The van der Waals surface area contributed by atoms with Crippen LogP contribution in [0.2, 0.25) is 5.02 Å². The van der Waals surface area contributed by atoms with Crippen LogP contribution >= 0.6 is 23.4 Å². The molecule has 6 nitrogen and oxygen atoms in total. The Morgan fingerprint density at radius 3 is 2.95 bits per heavy atom. The topological polar surface area (TPSA) is 93.4 Å². The van der Waals surface area contributed by atoms with Crippen LogP contribution in [-0.2, 0) is 12.8 Å². The summed E-state index contributed by atoms with van der Waals surface area (Å²) in [5.74, 6) is 1.67. The number of hydrogen-bond acceptors (Lipinski definition) is 6. The predicted molar refractivity (Wildman–Crippen MR) is 86.4 cm³/mol. The van der Waals surface area contributed by atoms with Crippen LogP contribution in [0.25, 0.3) is 11.0 Å². The molecule has 0 spiro atoms. The molecule has 0 fully saturated rings. The minimum Gasteiger partial charge on any atom is -0.382 e. The van der Waals surface area contributed by atoms with E-state index in [0.29, 0.717) is 15.9 Å². The van der Waals surface area contributed by atoms with E-state index in [2.05, 4.69) is 15.0 Å². The number of imidazole rings is 1. The van der Waals surface area contributed by atoms with Crippen molar-refractivity contribution in [3.8, 4) is 6.07 Å². The number of nitrogens with zero attached hydrogens (tertiary/aromatic N) is 5. The molecule has 2 aromatic heterocycles. The molecule has 0 saturated heterocycles. The molecule has 0 bridgehead atoms. The van der Waals surface area contributed by atoms with Crippen molar-refractivity contribution >= 4 is 40.2 Å². The monoisotopic (exact) mass is 330 g/mol.